The molecule has 0 spiro atoms. The molecule has 1 N–H and O–H groups in total. The molecule has 0 bridgehead atoms. The number of hydrogen-bond donors (Lipinski definition) is 1. The van der Waals surface area contributed by atoms with E-state index in [9.17, 15) is 0 Å². The Bertz CT molecular complexity index is 1030. The molecule has 2 aliphatic rings. The molecule has 7 heteroatoms. The second kappa shape index (κ2) is 9.06. The first-order chi connectivity index (χ1) is 15.2. The topological polar surface area (TPSA) is 72.4 Å². The normalized spacial score (nSPS) is 21.8. The summed E-state index contributed by atoms with van der Waals surface area (Å²) in [6.45, 7) is 5.30. The van der Waals surface area contributed by atoms with Crippen molar-refractivity contribution in [3.8, 4) is 5.75 Å². The van der Waals surface area contributed by atoms with Gasteiger partial charge in [0.25, 0.3) is 0 Å². The number of pyridine rings is 1. The van der Waals surface area contributed by atoms with Crippen LogP contribution in [0, 0.1) is 6.92 Å². The summed E-state index contributed by atoms with van der Waals surface area (Å²) in [6.07, 6.45) is 9.74. The molecule has 0 unspecified atom stereocenters. The van der Waals surface area contributed by atoms with Gasteiger partial charge in [0.2, 0.25) is 0 Å². The lowest BCUT2D eigenvalue weighted by Crippen LogP contribution is -2.36. The lowest BCUT2D eigenvalue weighted by molar-refractivity contribution is 0.122. The third kappa shape index (κ3) is 4.71. The highest BCUT2D eigenvalue weighted by molar-refractivity contribution is 5.85. The molecule has 31 heavy (non-hydrogen) atoms. The van der Waals surface area contributed by atoms with E-state index in [1.54, 1.807) is 12.4 Å². The van der Waals surface area contributed by atoms with Crippen LogP contribution in [-0.4, -0.2) is 53.4 Å². The fourth-order valence-electron chi connectivity index (χ4n) is 4.50. The average Bonchev–Trinajstić information content (AvgIpc) is 2.81. The monoisotopic (exact) mass is 419 g/mol. The van der Waals surface area contributed by atoms with Crippen molar-refractivity contribution >= 4 is 22.4 Å². The van der Waals surface area contributed by atoms with Gasteiger partial charge in [0, 0.05) is 60.9 Å². The summed E-state index contributed by atoms with van der Waals surface area (Å²) in [5.74, 6) is 0.841. The molecule has 0 radical (unpaired) electrons. The molecule has 162 valence electrons. The van der Waals surface area contributed by atoms with E-state index in [0.717, 1.165) is 85.8 Å². The van der Waals surface area contributed by atoms with Crippen LogP contribution in [-0.2, 0) is 4.74 Å². The van der Waals surface area contributed by atoms with Crippen molar-refractivity contribution in [3.05, 3.63) is 48.5 Å². The van der Waals surface area contributed by atoms with Crippen LogP contribution >= 0.6 is 0 Å². The molecular weight excluding hydrogens is 390 g/mol. The molecule has 1 aromatic carbocycles. The van der Waals surface area contributed by atoms with Crippen molar-refractivity contribution in [2.45, 2.75) is 44.8 Å². The highest BCUT2D eigenvalue weighted by Gasteiger charge is 2.24. The highest BCUT2D eigenvalue weighted by Crippen LogP contribution is 2.33. The molecule has 2 aromatic heterocycles. The highest BCUT2D eigenvalue weighted by atomic mass is 16.5. The Morgan fingerprint density at radius 3 is 2.58 bits per heavy atom. The maximum Gasteiger partial charge on any atom is 0.149 e. The minimum Gasteiger partial charge on any atom is -0.488 e. The number of anilines is 2. The molecule has 1 aliphatic heterocycles. The van der Waals surface area contributed by atoms with E-state index in [2.05, 4.69) is 43.4 Å². The van der Waals surface area contributed by atoms with Gasteiger partial charge >= 0.3 is 0 Å². The van der Waals surface area contributed by atoms with Gasteiger partial charge in [-0.1, -0.05) is 0 Å². The zero-order valence-corrected chi connectivity index (χ0v) is 18.0. The minimum atomic E-state index is 0.197. The SMILES string of the molecule is Cc1cc(N[C@H]2CC[C@@H](Oc3cc(N4CCOCC4)cc4nccnc34)CC2)ccn1. The summed E-state index contributed by atoms with van der Waals surface area (Å²) in [5, 5.41) is 3.65. The van der Waals surface area contributed by atoms with E-state index in [0.29, 0.717) is 6.04 Å². The zero-order valence-electron chi connectivity index (χ0n) is 18.0. The molecule has 5 rings (SSSR count). The van der Waals surface area contributed by atoms with E-state index < -0.39 is 0 Å². The predicted octanol–water partition coefficient (Wildman–Crippen LogP) is 3.97. The van der Waals surface area contributed by atoms with Crippen molar-refractivity contribution < 1.29 is 9.47 Å². The third-order valence-corrected chi connectivity index (χ3v) is 6.14. The van der Waals surface area contributed by atoms with Crippen LogP contribution in [0.3, 0.4) is 0 Å². The maximum absolute atomic E-state index is 6.52. The van der Waals surface area contributed by atoms with Gasteiger partial charge in [-0.3, -0.25) is 9.97 Å². The Balaban J connectivity index is 1.28. The number of nitrogens with zero attached hydrogens (tertiary/aromatic N) is 4. The third-order valence-electron chi connectivity index (χ3n) is 6.14. The van der Waals surface area contributed by atoms with Crippen molar-refractivity contribution in [2.24, 2.45) is 0 Å². The van der Waals surface area contributed by atoms with Crippen LogP contribution in [0.1, 0.15) is 31.4 Å². The minimum absolute atomic E-state index is 0.197. The number of ether oxygens (including phenoxy) is 2. The quantitative estimate of drug-likeness (QED) is 0.671. The second-order valence-electron chi connectivity index (χ2n) is 8.39. The maximum atomic E-state index is 6.52. The molecule has 1 saturated heterocycles. The molecular formula is C24H29N5O2. The van der Waals surface area contributed by atoms with Crippen molar-refractivity contribution in [1.29, 1.82) is 0 Å². The number of rotatable bonds is 5. The van der Waals surface area contributed by atoms with Crippen LogP contribution in [0.2, 0.25) is 0 Å². The molecule has 3 heterocycles. The van der Waals surface area contributed by atoms with Crippen LogP contribution in [0.25, 0.3) is 11.0 Å². The van der Waals surface area contributed by atoms with Crippen LogP contribution in [0.5, 0.6) is 5.75 Å². The van der Waals surface area contributed by atoms with E-state index >= 15 is 0 Å². The number of hydrogen-bond acceptors (Lipinski definition) is 7. The average molecular weight is 420 g/mol. The number of nitrogens with one attached hydrogen (secondary N) is 1. The van der Waals surface area contributed by atoms with Gasteiger partial charge in [0.1, 0.15) is 11.3 Å². The Morgan fingerprint density at radius 1 is 0.968 bits per heavy atom. The summed E-state index contributed by atoms with van der Waals surface area (Å²) >= 11 is 0. The standard InChI is InChI=1S/C24H29N5O2/c1-17-14-19(6-7-25-17)28-18-2-4-21(5-3-18)31-23-16-20(29-10-12-30-13-11-29)15-22-24(23)27-9-8-26-22/h6-9,14-16,18,21H,2-5,10-13H2,1H3,(H,25,28)/t18-,21+. The predicted molar refractivity (Wildman–Crippen MR) is 122 cm³/mol. The van der Waals surface area contributed by atoms with Gasteiger partial charge in [0.15, 0.2) is 0 Å². The number of aromatic nitrogens is 3. The fourth-order valence-corrected chi connectivity index (χ4v) is 4.50. The molecule has 2 fully saturated rings. The van der Waals surface area contributed by atoms with Crippen molar-refractivity contribution in [3.63, 3.8) is 0 Å². The van der Waals surface area contributed by atoms with Crippen LogP contribution in [0.4, 0.5) is 11.4 Å². The number of morpholine rings is 1. The fraction of sp³-hybridized carbons (Fsp3) is 0.458. The van der Waals surface area contributed by atoms with Gasteiger partial charge in [0.05, 0.1) is 24.8 Å². The summed E-state index contributed by atoms with van der Waals surface area (Å²) in [6, 6.07) is 8.85. The van der Waals surface area contributed by atoms with Crippen LogP contribution in [0.15, 0.2) is 42.9 Å². The van der Waals surface area contributed by atoms with Gasteiger partial charge < -0.3 is 19.7 Å². The van der Waals surface area contributed by atoms with E-state index in [4.69, 9.17) is 9.47 Å². The Kier molecular flexibility index (Phi) is 5.84. The summed E-state index contributed by atoms with van der Waals surface area (Å²) < 4.78 is 12.0. The second-order valence-corrected chi connectivity index (χ2v) is 8.39. The summed E-state index contributed by atoms with van der Waals surface area (Å²) in [7, 11) is 0. The lowest BCUT2D eigenvalue weighted by atomic mass is 9.92. The molecule has 1 saturated carbocycles. The van der Waals surface area contributed by atoms with Crippen molar-refractivity contribution in [1.82, 2.24) is 15.0 Å². The Labute approximate surface area is 182 Å². The van der Waals surface area contributed by atoms with E-state index in [1.165, 1.54) is 0 Å². The Hall–Kier alpha value is -2.93. The molecule has 0 amide bonds. The van der Waals surface area contributed by atoms with Crippen LogP contribution < -0.4 is 15.0 Å². The van der Waals surface area contributed by atoms with Gasteiger partial charge in [-0.15, -0.1) is 0 Å². The number of benzene rings is 1. The first kappa shape index (κ1) is 20.0. The largest absolute Gasteiger partial charge is 0.488 e. The van der Waals surface area contributed by atoms with Gasteiger partial charge in [-0.25, -0.2) is 4.98 Å². The Morgan fingerprint density at radius 2 is 1.77 bits per heavy atom. The van der Waals surface area contributed by atoms with Gasteiger partial charge in [-0.05, 0) is 50.8 Å². The molecule has 7 nitrogen and oxygen atoms in total. The van der Waals surface area contributed by atoms with Crippen molar-refractivity contribution in [2.75, 3.05) is 36.5 Å². The molecule has 3 aromatic rings. The summed E-state index contributed by atoms with van der Waals surface area (Å²) in [4.78, 5) is 15.7. The van der Waals surface area contributed by atoms with E-state index in [1.807, 2.05) is 19.2 Å². The van der Waals surface area contributed by atoms with E-state index in [-0.39, 0.29) is 6.10 Å². The summed E-state index contributed by atoms with van der Waals surface area (Å²) in [5.41, 5.74) is 5.04. The lowest BCUT2D eigenvalue weighted by Gasteiger charge is -2.31. The number of fused-ring (bicyclic) bond motifs is 1. The first-order valence-corrected chi connectivity index (χ1v) is 11.2. The first-order valence-electron chi connectivity index (χ1n) is 11.2. The molecule has 1 aliphatic carbocycles. The zero-order chi connectivity index (χ0) is 21.0. The number of aryl methyl sites for hydroxylation is 1. The smallest absolute Gasteiger partial charge is 0.149 e. The van der Waals surface area contributed by atoms with Gasteiger partial charge in [-0.2, -0.15) is 0 Å². The molecule has 0 atom stereocenters.